The fourth-order valence-corrected chi connectivity index (χ4v) is 7.45. The number of aromatic nitrogens is 2. The van der Waals surface area contributed by atoms with Crippen molar-refractivity contribution in [2.75, 3.05) is 82.6 Å². The number of aliphatic hydroxyl groups excluding tert-OH is 1. The van der Waals surface area contributed by atoms with Crippen molar-refractivity contribution in [1.29, 1.82) is 5.26 Å². The van der Waals surface area contributed by atoms with Crippen LogP contribution in [0.25, 0.3) is 10.8 Å². The highest BCUT2D eigenvalue weighted by Gasteiger charge is 2.36. The third kappa shape index (κ3) is 9.22. The molecule has 4 heterocycles. The van der Waals surface area contributed by atoms with Crippen molar-refractivity contribution >= 4 is 28.4 Å². The summed E-state index contributed by atoms with van der Waals surface area (Å²) in [7, 11) is 2.08. The minimum absolute atomic E-state index is 0.00329. The van der Waals surface area contributed by atoms with Crippen molar-refractivity contribution in [2.45, 2.75) is 76.8 Å². The normalized spacial score (nSPS) is 20.9. The highest BCUT2D eigenvalue weighted by Crippen LogP contribution is 2.35. The highest BCUT2D eigenvalue weighted by atomic mass is 16.6. The topological polar surface area (TPSA) is 137 Å². The number of benzene rings is 2. The van der Waals surface area contributed by atoms with Crippen molar-refractivity contribution in [3.8, 4) is 12.1 Å². The van der Waals surface area contributed by atoms with Gasteiger partial charge in [-0.2, -0.15) is 15.2 Å². The first-order valence-electron chi connectivity index (χ1n) is 18.5. The molecule has 1 N–H and O–H groups in total. The van der Waals surface area contributed by atoms with E-state index in [-0.39, 0.29) is 30.9 Å². The lowest BCUT2D eigenvalue weighted by molar-refractivity contribution is 0.00184. The molecule has 280 valence electrons. The molecule has 2 saturated heterocycles. The lowest BCUT2D eigenvalue weighted by Crippen LogP contribution is -2.56. The van der Waals surface area contributed by atoms with Crippen molar-refractivity contribution in [3.05, 3.63) is 53.7 Å². The Hall–Kier alpha value is -4.22. The van der Waals surface area contributed by atoms with Crippen molar-refractivity contribution in [3.63, 3.8) is 0 Å². The fourth-order valence-electron chi connectivity index (χ4n) is 7.45. The first-order valence-corrected chi connectivity index (χ1v) is 18.5. The van der Waals surface area contributed by atoms with Crippen molar-refractivity contribution < 1.29 is 28.8 Å². The van der Waals surface area contributed by atoms with Gasteiger partial charge in [-0.3, -0.25) is 4.90 Å². The van der Waals surface area contributed by atoms with E-state index < -0.39 is 5.60 Å². The van der Waals surface area contributed by atoms with Gasteiger partial charge in [-0.1, -0.05) is 36.4 Å². The van der Waals surface area contributed by atoms with Crippen LogP contribution < -0.4 is 14.5 Å². The second-order valence-corrected chi connectivity index (χ2v) is 14.9. The monoisotopic (exact) mass is 715 g/mol. The minimum atomic E-state index is -0.615. The van der Waals surface area contributed by atoms with Gasteiger partial charge in [0.1, 0.15) is 18.0 Å². The van der Waals surface area contributed by atoms with Crippen LogP contribution in [0.1, 0.15) is 51.3 Å². The molecule has 0 aliphatic carbocycles. The van der Waals surface area contributed by atoms with E-state index in [0.29, 0.717) is 71.5 Å². The molecule has 2 aromatic carbocycles. The number of fused-ring (bicyclic) bond motifs is 2. The number of likely N-dealkylation sites (tertiary alicyclic amines) is 1. The smallest absolute Gasteiger partial charge is 0.410 e. The quantitative estimate of drug-likeness (QED) is 0.251. The summed E-state index contributed by atoms with van der Waals surface area (Å²) in [4.78, 5) is 32.0. The predicted molar refractivity (Wildman–Crippen MR) is 199 cm³/mol. The van der Waals surface area contributed by atoms with Crippen LogP contribution in [-0.2, 0) is 27.2 Å². The Morgan fingerprint density at radius 3 is 2.63 bits per heavy atom. The first kappa shape index (κ1) is 37.5. The van der Waals surface area contributed by atoms with E-state index in [9.17, 15) is 10.1 Å². The van der Waals surface area contributed by atoms with Gasteiger partial charge in [-0.15, -0.1) is 0 Å². The fraction of sp³-hybridized carbons (Fsp3) is 0.590. The molecular formula is C39H53N7O6. The van der Waals surface area contributed by atoms with E-state index in [4.69, 9.17) is 34.0 Å². The molecule has 6 rings (SSSR count). The SMILES string of the molecule is CN1C[C@H](OCCOCCO)C[C@H]1COc1nc2c(c(N3CCN(C(=O)OC(C)(C)C)C(CCC#N)C3)n1)CCN(c1cccc3ccccc13)C2. The second-order valence-electron chi connectivity index (χ2n) is 14.9. The number of ether oxygens (including phenoxy) is 4. The van der Waals surface area contributed by atoms with Crippen LogP contribution in [0.4, 0.5) is 16.3 Å². The van der Waals surface area contributed by atoms with Gasteiger partial charge in [0.05, 0.1) is 56.9 Å². The van der Waals surface area contributed by atoms with E-state index in [1.807, 2.05) is 20.8 Å². The van der Waals surface area contributed by atoms with E-state index in [1.54, 1.807) is 4.90 Å². The number of likely N-dealkylation sites (N-methyl/N-ethyl adjacent to an activating group) is 1. The second kappa shape index (κ2) is 17.1. The summed E-state index contributed by atoms with van der Waals surface area (Å²) >= 11 is 0. The molecule has 0 spiro atoms. The number of aliphatic hydroxyl groups is 1. The van der Waals surface area contributed by atoms with Crippen LogP contribution in [0.5, 0.6) is 6.01 Å². The summed E-state index contributed by atoms with van der Waals surface area (Å²) in [6.45, 7) is 11.0. The van der Waals surface area contributed by atoms with E-state index >= 15 is 0 Å². The Morgan fingerprint density at radius 2 is 1.83 bits per heavy atom. The van der Waals surface area contributed by atoms with Crippen LogP contribution >= 0.6 is 0 Å². The summed E-state index contributed by atoms with van der Waals surface area (Å²) in [6, 6.07) is 17.4. The first-order chi connectivity index (χ1) is 25.1. The third-order valence-corrected chi connectivity index (χ3v) is 10.0. The molecule has 1 unspecified atom stereocenters. The molecule has 52 heavy (non-hydrogen) atoms. The number of anilines is 2. The molecule has 3 aliphatic rings. The van der Waals surface area contributed by atoms with Gasteiger partial charge in [0.15, 0.2) is 0 Å². The van der Waals surface area contributed by atoms with Gasteiger partial charge in [0, 0.05) is 61.8 Å². The van der Waals surface area contributed by atoms with Gasteiger partial charge >= 0.3 is 12.1 Å². The highest BCUT2D eigenvalue weighted by molar-refractivity contribution is 5.94. The third-order valence-electron chi connectivity index (χ3n) is 10.0. The zero-order valence-corrected chi connectivity index (χ0v) is 31.0. The number of piperazine rings is 1. The van der Waals surface area contributed by atoms with Gasteiger partial charge < -0.3 is 38.8 Å². The van der Waals surface area contributed by atoms with Crippen LogP contribution in [0, 0.1) is 11.3 Å². The molecule has 3 aromatic rings. The largest absolute Gasteiger partial charge is 0.462 e. The maximum Gasteiger partial charge on any atom is 0.410 e. The summed E-state index contributed by atoms with van der Waals surface area (Å²) in [5, 5.41) is 20.8. The number of nitriles is 1. The molecule has 3 aliphatic heterocycles. The lowest BCUT2D eigenvalue weighted by atomic mass is 10.0. The molecule has 0 bridgehead atoms. The maximum atomic E-state index is 13.3. The van der Waals surface area contributed by atoms with Crippen molar-refractivity contribution in [2.24, 2.45) is 0 Å². The molecule has 0 radical (unpaired) electrons. The van der Waals surface area contributed by atoms with Gasteiger partial charge in [0.25, 0.3) is 0 Å². The van der Waals surface area contributed by atoms with Gasteiger partial charge in [0.2, 0.25) is 0 Å². The number of amides is 1. The van der Waals surface area contributed by atoms with Crippen LogP contribution in [-0.4, -0.2) is 128 Å². The van der Waals surface area contributed by atoms with Crippen LogP contribution in [0.15, 0.2) is 42.5 Å². The molecule has 3 atom stereocenters. The Kier molecular flexibility index (Phi) is 12.3. The number of nitrogens with zero attached hydrogens (tertiary/aromatic N) is 7. The van der Waals surface area contributed by atoms with Crippen LogP contribution in [0.2, 0.25) is 0 Å². The Bertz CT molecular complexity index is 1710. The van der Waals surface area contributed by atoms with E-state index in [1.165, 1.54) is 16.5 Å². The summed E-state index contributed by atoms with van der Waals surface area (Å²) < 4.78 is 23.6. The molecule has 2 fully saturated rings. The van der Waals surface area contributed by atoms with E-state index in [0.717, 1.165) is 43.0 Å². The summed E-state index contributed by atoms with van der Waals surface area (Å²) in [5.74, 6) is 0.840. The zero-order valence-electron chi connectivity index (χ0n) is 31.0. The number of carbonyl (C=O) groups is 1. The predicted octanol–water partition coefficient (Wildman–Crippen LogP) is 4.40. The summed E-state index contributed by atoms with van der Waals surface area (Å²) in [6.07, 6.45) is 2.17. The lowest BCUT2D eigenvalue weighted by Gasteiger charge is -2.43. The molecule has 13 nitrogen and oxygen atoms in total. The number of carbonyl (C=O) groups excluding carboxylic acids is 1. The zero-order chi connectivity index (χ0) is 36.7. The number of rotatable bonds is 13. The Labute approximate surface area is 307 Å². The minimum Gasteiger partial charge on any atom is -0.462 e. The molecular weight excluding hydrogens is 662 g/mol. The van der Waals surface area contributed by atoms with Gasteiger partial charge in [-0.05, 0) is 58.5 Å². The molecule has 1 aromatic heterocycles. The maximum absolute atomic E-state index is 13.3. The molecule has 1 amide bonds. The standard InChI is InChI=1S/C39H53N7O6/c1-39(2,3)52-38(48)46-18-17-45(24-29(46)11-8-15-40)36-33-14-16-44(35-13-7-10-28-9-5-6-12-32(28)35)26-34(33)41-37(42-36)51-27-30-23-31(25-43(30)4)50-22-21-49-20-19-47/h5-7,9-10,12-13,29-31,47H,8,11,14,16-27H2,1-4H3/t29?,30-,31+/m0/s1. The Morgan fingerprint density at radius 1 is 1.00 bits per heavy atom. The molecule has 0 saturated carbocycles. The van der Waals surface area contributed by atoms with E-state index in [2.05, 4.69) is 70.3 Å². The van der Waals surface area contributed by atoms with Crippen LogP contribution in [0.3, 0.4) is 0 Å². The van der Waals surface area contributed by atoms with Crippen molar-refractivity contribution in [1.82, 2.24) is 19.8 Å². The summed E-state index contributed by atoms with van der Waals surface area (Å²) in [5.41, 5.74) is 2.60. The Balaban J connectivity index is 1.24. The number of hydrogen-bond donors (Lipinski definition) is 1. The molecule has 13 heteroatoms. The van der Waals surface area contributed by atoms with Gasteiger partial charge in [-0.25, -0.2) is 4.79 Å². The average Bonchev–Trinajstić information content (AvgIpc) is 3.49. The average molecular weight is 716 g/mol. The number of hydrogen-bond acceptors (Lipinski definition) is 12.